The normalized spacial score (nSPS) is 15.4. The molecule has 1 heterocycles. The van der Waals surface area contributed by atoms with Gasteiger partial charge >= 0.3 is 0 Å². The zero-order valence-electron chi connectivity index (χ0n) is 13.0. The number of benzene rings is 1. The summed E-state index contributed by atoms with van der Waals surface area (Å²) in [5, 5.41) is 6.54. The van der Waals surface area contributed by atoms with Gasteiger partial charge in [0.15, 0.2) is 12.0 Å². The van der Waals surface area contributed by atoms with Crippen molar-refractivity contribution in [2.24, 2.45) is 0 Å². The van der Waals surface area contributed by atoms with E-state index in [2.05, 4.69) is 23.2 Å². The van der Waals surface area contributed by atoms with E-state index in [0.29, 0.717) is 12.0 Å². The molecule has 1 N–H and O–H groups in total. The first-order valence-electron chi connectivity index (χ1n) is 7.36. The molecular weight excluding hydrogens is 278 g/mol. The Morgan fingerprint density at radius 3 is 2.36 bits per heavy atom. The monoisotopic (exact) mass is 297 g/mol. The van der Waals surface area contributed by atoms with Crippen LogP contribution in [0.5, 0.6) is 0 Å². The Kier molecular flexibility index (Phi) is 3.35. The number of rotatable bonds is 4. The number of aromatic amines is 1. The van der Waals surface area contributed by atoms with Gasteiger partial charge in [0.05, 0.1) is 5.69 Å². The van der Waals surface area contributed by atoms with Crippen LogP contribution in [0, 0.1) is 13.8 Å². The van der Waals surface area contributed by atoms with Gasteiger partial charge in [-0.1, -0.05) is 6.07 Å². The number of aromatic nitrogens is 2. The summed E-state index contributed by atoms with van der Waals surface area (Å²) < 4.78 is 0. The Hall–Kier alpha value is -2.43. The van der Waals surface area contributed by atoms with Crippen molar-refractivity contribution in [2.75, 3.05) is 4.90 Å². The number of amides is 1. The first kappa shape index (κ1) is 14.5. The summed E-state index contributed by atoms with van der Waals surface area (Å²) in [5.74, 6) is -0.172. The maximum absolute atomic E-state index is 12.9. The van der Waals surface area contributed by atoms with E-state index in [4.69, 9.17) is 0 Å². The molecule has 114 valence electrons. The van der Waals surface area contributed by atoms with Gasteiger partial charge < -0.3 is 4.90 Å². The molecule has 0 atom stereocenters. The smallest absolute Gasteiger partial charge is 0.279 e. The van der Waals surface area contributed by atoms with Crippen molar-refractivity contribution < 1.29 is 9.59 Å². The van der Waals surface area contributed by atoms with E-state index >= 15 is 0 Å². The number of carbonyl (C=O) groups is 2. The molecule has 5 nitrogen and oxygen atoms in total. The lowest BCUT2D eigenvalue weighted by Gasteiger charge is -2.29. The lowest BCUT2D eigenvalue weighted by molar-refractivity contribution is 0.0970. The van der Waals surface area contributed by atoms with Gasteiger partial charge in [-0.15, -0.1) is 0 Å². The summed E-state index contributed by atoms with van der Waals surface area (Å²) >= 11 is 0. The van der Waals surface area contributed by atoms with Crippen LogP contribution in [-0.2, 0) is 0 Å². The molecule has 1 saturated carbocycles. The molecule has 0 unspecified atom stereocenters. The summed E-state index contributed by atoms with van der Waals surface area (Å²) in [7, 11) is 0. The molecule has 0 spiro atoms. The highest BCUT2D eigenvalue weighted by Gasteiger charge is 2.47. The fourth-order valence-corrected chi connectivity index (χ4v) is 2.78. The Morgan fingerprint density at radius 2 is 1.86 bits per heavy atom. The molecule has 1 aromatic heterocycles. The molecular formula is C17H19N3O2. The van der Waals surface area contributed by atoms with E-state index in [1.54, 1.807) is 0 Å². The summed E-state index contributed by atoms with van der Waals surface area (Å²) in [6.45, 7) is 6.12. The first-order chi connectivity index (χ1) is 10.4. The molecule has 22 heavy (non-hydrogen) atoms. The van der Waals surface area contributed by atoms with Crippen molar-refractivity contribution in [3.8, 4) is 0 Å². The lowest BCUT2D eigenvalue weighted by Crippen LogP contribution is -2.41. The predicted molar refractivity (Wildman–Crippen MR) is 84.3 cm³/mol. The lowest BCUT2D eigenvalue weighted by atomic mass is 10.1. The van der Waals surface area contributed by atoms with E-state index in [0.717, 1.165) is 29.7 Å². The number of H-pyrrole nitrogens is 1. The van der Waals surface area contributed by atoms with Crippen LogP contribution in [0.2, 0.25) is 0 Å². The third-order valence-electron chi connectivity index (χ3n) is 4.12. The summed E-state index contributed by atoms with van der Waals surface area (Å²) in [4.78, 5) is 25.5. The van der Waals surface area contributed by atoms with E-state index < -0.39 is 0 Å². The van der Waals surface area contributed by atoms with Crippen LogP contribution < -0.4 is 4.90 Å². The average Bonchev–Trinajstić information content (AvgIpc) is 3.02. The molecule has 1 aliphatic rings. The zero-order valence-corrected chi connectivity index (χ0v) is 13.0. The van der Waals surface area contributed by atoms with Crippen LogP contribution >= 0.6 is 0 Å². The van der Waals surface area contributed by atoms with Gasteiger partial charge in [0.25, 0.3) is 5.91 Å². The highest BCUT2D eigenvalue weighted by Crippen LogP contribution is 2.44. The number of aryl methyl sites for hydroxylation is 2. The highest BCUT2D eigenvalue weighted by molar-refractivity contribution is 6.06. The van der Waals surface area contributed by atoms with Gasteiger partial charge in [-0.25, -0.2) is 0 Å². The van der Waals surface area contributed by atoms with Gasteiger partial charge in [-0.2, -0.15) is 5.10 Å². The average molecular weight is 297 g/mol. The number of anilines is 1. The number of hydrogen-bond acceptors (Lipinski definition) is 3. The standard InChI is InChI=1S/C17H19N3O2/c1-11-6-12(2)8-14(7-11)20(17(3)4-5-17)16(22)15-9-13(10-21)18-19-15/h6-10H,4-5H2,1-3H3,(H,18,19). The molecule has 1 amide bonds. The van der Waals surface area contributed by atoms with Crippen molar-refractivity contribution in [1.82, 2.24) is 10.2 Å². The molecule has 1 aliphatic carbocycles. The molecule has 1 fully saturated rings. The van der Waals surface area contributed by atoms with Crippen LogP contribution in [0.15, 0.2) is 24.3 Å². The van der Waals surface area contributed by atoms with E-state index in [9.17, 15) is 9.59 Å². The molecule has 0 saturated heterocycles. The Bertz CT molecular complexity index is 724. The summed E-state index contributed by atoms with van der Waals surface area (Å²) in [6.07, 6.45) is 2.59. The Morgan fingerprint density at radius 1 is 1.23 bits per heavy atom. The summed E-state index contributed by atoms with van der Waals surface area (Å²) in [6, 6.07) is 7.61. The minimum absolute atomic E-state index is 0.169. The maximum Gasteiger partial charge on any atom is 0.279 e. The molecule has 5 heteroatoms. The first-order valence-corrected chi connectivity index (χ1v) is 7.36. The maximum atomic E-state index is 12.9. The van der Waals surface area contributed by atoms with Crippen LogP contribution in [-0.4, -0.2) is 27.9 Å². The Balaban J connectivity index is 2.03. The number of aldehydes is 1. The second kappa shape index (κ2) is 5.09. The van der Waals surface area contributed by atoms with Crippen LogP contribution in [0.4, 0.5) is 5.69 Å². The molecule has 2 aromatic rings. The van der Waals surface area contributed by atoms with Crippen LogP contribution in [0.25, 0.3) is 0 Å². The molecule has 1 aromatic carbocycles. The summed E-state index contributed by atoms with van der Waals surface area (Å²) in [5.41, 5.74) is 3.54. The SMILES string of the molecule is Cc1cc(C)cc(N(C(=O)c2cc(C=O)[nH]n2)C2(C)CC2)c1. The topological polar surface area (TPSA) is 66.1 Å². The second-order valence-electron chi connectivity index (χ2n) is 6.31. The van der Waals surface area contributed by atoms with Gasteiger partial charge in [-0.05, 0) is 62.9 Å². The van der Waals surface area contributed by atoms with E-state index in [1.807, 2.05) is 30.9 Å². The van der Waals surface area contributed by atoms with E-state index in [-0.39, 0.29) is 17.1 Å². The predicted octanol–water partition coefficient (Wildman–Crippen LogP) is 3.04. The minimum Gasteiger partial charge on any atom is -0.301 e. The van der Waals surface area contributed by atoms with Crippen molar-refractivity contribution in [3.63, 3.8) is 0 Å². The molecule has 0 aliphatic heterocycles. The molecule has 0 bridgehead atoms. The Labute approximate surface area is 129 Å². The largest absolute Gasteiger partial charge is 0.301 e. The van der Waals surface area contributed by atoms with Crippen LogP contribution in [0.3, 0.4) is 0 Å². The fraction of sp³-hybridized carbons (Fsp3) is 0.353. The number of nitrogens with one attached hydrogen (secondary N) is 1. The van der Waals surface area contributed by atoms with Crippen molar-refractivity contribution in [1.29, 1.82) is 0 Å². The van der Waals surface area contributed by atoms with Crippen molar-refractivity contribution in [2.45, 2.75) is 39.2 Å². The highest BCUT2D eigenvalue weighted by atomic mass is 16.2. The number of carbonyl (C=O) groups excluding carboxylic acids is 2. The van der Waals surface area contributed by atoms with E-state index in [1.165, 1.54) is 6.07 Å². The zero-order chi connectivity index (χ0) is 15.9. The third kappa shape index (κ3) is 2.54. The van der Waals surface area contributed by atoms with Crippen molar-refractivity contribution >= 4 is 17.9 Å². The third-order valence-corrected chi connectivity index (χ3v) is 4.12. The van der Waals surface area contributed by atoms with Crippen LogP contribution in [0.1, 0.15) is 51.9 Å². The number of hydrogen-bond donors (Lipinski definition) is 1. The van der Waals surface area contributed by atoms with Gasteiger partial charge in [0, 0.05) is 11.2 Å². The molecule has 3 rings (SSSR count). The van der Waals surface area contributed by atoms with Gasteiger partial charge in [0.1, 0.15) is 0 Å². The fourth-order valence-electron chi connectivity index (χ4n) is 2.78. The quantitative estimate of drug-likeness (QED) is 0.882. The second-order valence-corrected chi connectivity index (χ2v) is 6.31. The van der Waals surface area contributed by atoms with Crippen molar-refractivity contribution in [3.05, 3.63) is 46.8 Å². The minimum atomic E-state index is -0.172. The van der Waals surface area contributed by atoms with Gasteiger partial charge in [0.2, 0.25) is 0 Å². The number of nitrogens with zero attached hydrogens (tertiary/aromatic N) is 2. The molecule has 0 radical (unpaired) electrons. The van der Waals surface area contributed by atoms with Gasteiger partial charge in [-0.3, -0.25) is 14.7 Å².